The third kappa shape index (κ3) is 60.2. The fraction of sp³-hybridized carbons (Fsp3) is 0.984. The maximum absolute atomic E-state index is 12.8. The van der Waals surface area contributed by atoms with Crippen molar-refractivity contribution in [2.75, 3.05) is 54.1 Å². The second-order valence-corrected chi connectivity index (χ2v) is 24.6. The van der Waals surface area contributed by atoms with E-state index in [4.69, 9.17) is 18.5 Å². The zero-order chi connectivity index (χ0) is 51.9. The van der Waals surface area contributed by atoms with Gasteiger partial charge in [-0.05, 0) is 12.8 Å². The van der Waals surface area contributed by atoms with Gasteiger partial charge in [0.2, 0.25) is 0 Å². The molecule has 0 radical (unpaired) electrons. The summed E-state index contributed by atoms with van der Waals surface area (Å²) >= 11 is 0. The number of carbonyl (C=O) groups excluding carboxylic acids is 1. The monoisotopic (exact) mass is 1030 g/mol. The molecule has 0 bridgehead atoms. The Balaban J connectivity index is 3.95. The Morgan fingerprint density at radius 1 is 0.380 bits per heavy atom. The van der Waals surface area contributed by atoms with Crippen LogP contribution in [0.3, 0.4) is 0 Å². The topological polar surface area (TPSA) is 94.1 Å². The van der Waals surface area contributed by atoms with Crippen molar-refractivity contribution < 1.29 is 37.3 Å². The number of unbranched alkanes of at least 4 members (excludes halogenated alkanes) is 47. The summed E-state index contributed by atoms with van der Waals surface area (Å²) in [5.74, 6) is -0.322. The van der Waals surface area contributed by atoms with Crippen LogP contribution < -0.4 is 4.89 Å². The highest BCUT2D eigenvalue weighted by atomic mass is 31.2. The predicted octanol–water partition coefficient (Wildman–Crippen LogP) is 19.7. The zero-order valence-electron chi connectivity index (χ0n) is 48.7. The van der Waals surface area contributed by atoms with E-state index in [1.165, 1.54) is 283 Å². The van der Waals surface area contributed by atoms with Crippen molar-refractivity contribution >= 4 is 13.8 Å². The van der Waals surface area contributed by atoms with E-state index in [0.29, 0.717) is 24.1 Å². The van der Waals surface area contributed by atoms with Crippen LogP contribution in [0.15, 0.2) is 0 Å². The molecule has 0 aliphatic carbocycles. The van der Waals surface area contributed by atoms with Gasteiger partial charge < -0.3 is 27.9 Å². The molecular weight excluding hydrogens is 902 g/mol. The molecule has 0 fully saturated rings. The third-order valence-corrected chi connectivity index (χ3v) is 15.6. The van der Waals surface area contributed by atoms with Crippen LogP contribution in [0.4, 0.5) is 0 Å². The summed E-state index contributed by atoms with van der Waals surface area (Å²) < 4.78 is 35.0. The highest BCUT2D eigenvalue weighted by Crippen LogP contribution is 2.38. The SMILES string of the molecule is CCCCCCCCCCCCCCCCCCCCCCCCCCCC(=O)OC(COCCCCCCCCCCCCCCCCCCCCCCCCCC)COP(=O)([O-])OCC[N+](C)(C)C. The molecule has 426 valence electrons. The maximum atomic E-state index is 12.8. The lowest BCUT2D eigenvalue weighted by molar-refractivity contribution is -0.870. The second-order valence-electron chi connectivity index (χ2n) is 23.1. The highest BCUT2D eigenvalue weighted by molar-refractivity contribution is 7.45. The summed E-state index contributed by atoms with van der Waals surface area (Å²) in [5, 5.41) is 0. The van der Waals surface area contributed by atoms with Crippen molar-refractivity contribution in [1.82, 2.24) is 0 Å². The minimum absolute atomic E-state index is 0.0321. The van der Waals surface area contributed by atoms with Crippen LogP contribution in [0.25, 0.3) is 0 Å². The fourth-order valence-corrected chi connectivity index (χ4v) is 10.5. The van der Waals surface area contributed by atoms with Crippen LogP contribution in [-0.4, -0.2) is 70.7 Å². The van der Waals surface area contributed by atoms with E-state index in [-0.39, 0.29) is 25.8 Å². The Morgan fingerprint density at radius 2 is 0.648 bits per heavy atom. The van der Waals surface area contributed by atoms with Gasteiger partial charge in [-0.3, -0.25) is 9.36 Å². The molecule has 0 N–H and O–H groups in total. The minimum Gasteiger partial charge on any atom is -0.756 e. The zero-order valence-corrected chi connectivity index (χ0v) is 49.6. The Bertz CT molecular complexity index is 1100. The Kier molecular flexibility index (Phi) is 55.3. The summed E-state index contributed by atoms with van der Waals surface area (Å²) in [4.78, 5) is 25.3. The van der Waals surface area contributed by atoms with Gasteiger partial charge in [-0.25, -0.2) is 0 Å². The molecule has 0 amide bonds. The number of likely N-dealkylation sites (N-methyl/N-ethyl adjacent to an activating group) is 1. The quantitative estimate of drug-likeness (QED) is 0.0259. The first-order chi connectivity index (χ1) is 34.6. The molecule has 0 spiro atoms. The van der Waals surface area contributed by atoms with E-state index in [9.17, 15) is 14.3 Å². The Labute approximate surface area is 444 Å². The smallest absolute Gasteiger partial charge is 0.306 e. The normalized spacial score (nSPS) is 13.3. The summed E-state index contributed by atoms with van der Waals surface area (Å²) in [5.41, 5.74) is 0. The first-order valence-electron chi connectivity index (χ1n) is 31.8. The highest BCUT2D eigenvalue weighted by Gasteiger charge is 2.20. The lowest BCUT2D eigenvalue weighted by atomic mass is 10.0. The van der Waals surface area contributed by atoms with Gasteiger partial charge in [-0.15, -0.1) is 0 Å². The minimum atomic E-state index is -4.53. The molecule has 71 heavy (non-hydrogen) atoms. The lowest BCUT2D eigenvalue weighted by Gasteiger charge is -2.28. The number of hydrogen-bond acceptors (Lipinski definition) is 7. The van der Waals surface area contributed by atoms with Crippen molar-refractivity contribution in [2.45, 2.75) is 341 Å². The van der Waals surface area contributed by atoms with Crippen LogP contribution in [0.1, 0.15) is 335 Å². The number of hydrogen-bond donors (Lipinski definition) is 0. The molecule has 0 aromatic heterocycles. The molecule has 0 aliphatic rings. The fourth-order valence-electron chi connectivity index (χ4n) is 9.79. The van der Waals surface area contributed by atoms with Gasteiger partial charge in [0.1, 0.15) is 19.3 Å². The average Bonchev–Trinajstić information content (AvgIpc) is 3.33. The van der Waals surface area contributed by atoms with E-state index in [0.717, 1.165) is 32.1 Å². The summed E-state index contributed by atoms with van der Waals surface area (Å²) in [6.07, 6.45) is 65.9. The van der Waals surface area contributed by atoms with Crippen LogP contribution >= 0.6 is 7.82 Å². The van der Waals surface area contributed by atoms with Crippen LogP contribution in [-0.2, 0) is 27.9 Å². The van der Waals surface area contributed by atoms with Crippen LogP contribution in [0.2, 0.25) is 0 Å². The Hall–Kier alpha value is -0.500. The molecule has 2 unspecified atom stereocenters. The first-order valence-corrected chi connectivity index (χ1v) is 33.2. The van der Waals surface area contributed by atoms with Gasteiger partial charge in [0.05, 0.1) is 34.4 Å². The summed E-state index contributed by atoms with van der Waals surface area (Å²) in [6.45, 7) is 5.52. The molecule has 8 nitrogen and oxygen atoms in total. The number of nitrogens with zero attached hydrogens (tertiary/aromatic N) is 1. The van der Waals surface area contributed by atoms with Gasteiger partial charge in [0.25, 0.3) is 7.82 Å². The Morgan fingerprint density at radius 3 is 0.930 bits per heavy atom. The van der Waals surface area contributed by atoms with Crippen LogP contribution in [0, 0.1) is 0 Å². The number of ether oxygens (including phenoxy) is 2. The predicted molar refractivity (Wildman–Crippen MR) is 305 cm³/mol. The van der Waals surface area contributed by atoms with E-state index in [1.807, 2.05) is 21.1 Å². The molecule has 2 atom stereocenters. The van der Waals surface area contributed by atoms with E-state index in [1.54, 1.807) is 0 Å². The maximum Gasteiger partial charge on any atom is 0.306 e. The molecule has 0 rings (SSSR count). The number of phosphoric acid groups is 1. The molecule has 0 aromatic carbocycles. The van der Waals surface area contributed by atoms with E-state index >= 15 is 0 Å². The van der Waals surface area contributed by atoms with Gasteiger partial charge in [0.15, 0.2) is 0 Å². The van der Waals surface area contributed by atoms with E-state index < -0.39 is 13.9 Å². The van der Waals surface area contributed by atoms with Crippen molar-refractivity contribution in [3.8, 4) is 0 Å². The van der Waals surface area contributed by atoms with Crippen molar-refractivity contribution in [1.29, 1.82) is 0 Å². The summed E-state index contributed by atoms with van der Waals surface area (Å²) in [7, 11) is 1.39. The molecule has 0 aromatic rings. The van der Waals surface area contributed by atoms with Gasteiger partial charge in [-0.2, -0.15) is 0 Å². The third-order valence-electron chi connectivity index (χ3n) is 14.7. The number of rotatable bonds is 61. The first kappa shape index (κ1) is 70.5. The number of esters is 1. The van der Waals surface area contributed by atoms with Crippen molar-refractivity contribution in [3.63, 3.8) is 0 Å². The van der Waals surface area contributed by atoms with E-state index in [2.05, 4.69) is 13.8 Å². The molecular formula is C62H126NO7P. The standard InChI is InChI=1S/C62H126NO7P/c1-6-8-10-12-14-16-18-20-22-24-26-28-30-32-33-35-37-39-41-43-45-47-49-51-53-55-62(64)70-61(60-69-71(65,66)68-58-56-63(3,4)5)59-67-57-54-52-50-48-46-44-42-40-38-36-34-31-29-27-25-23-21-19-17-15-13-11-9-7-2/h61H,6-60H2,1-5H3. The molecule has 0 saturated carbocycles. The van der Waals surface area contributed by atoms with Gasteiger partial charge in [-0.1, -0.05) is 316 Å². The van der Waals surface area contributed by atoms with Crippen molar-refractivity contribution in [2.24, 2.45) is 0 Å². The second kappa shape index (κ2) is 55.7. The lowest BCUT2D eigenvalue weighted by Crippen LogP contribution is -2.37. The van der Waals surface area contributed by atoms with Gasteiger partial charge >= 0.3 is 5.97 Å². The average molecular weight is 1030 g/mol. The number of phosphoric ester groups is 1. The van der Waals surface area contributed by atoms with Gasteiger partial charge in [0, 0.05) is 13.0 Å². The largest absolute Gasteiger partial charge is 0.756 e. The number of quaternary nitrogens is 1. The number of carbonyl (C=O) groups is 1. The van der Waals surface area contributed by atoms with Crippen LogP contribution in [0.5, 0.6) is 0 Å². The van der Waals surface area contributed by atoms with Crippen molar-refractivity contribution in [3.05, 3.63) is 0 Å². The molecule has 0 saturated heterocycles. The molecule has 9 heteroatoms. The molecule has 0 aliphatic heterocycles. The summed E-state index contributed by atoms with van der Waals surface area (Å²) in [6, 6.07) is 0. The molecule has 0 heterocycles.